The van der Waals surface area contributed by atoms with Crippen molar-refractivity contribution in [3.05, 3.63) is 17.8 Å². The molecular weight excluding hydrogens is 417 g/mol. The van der Waals surface area contributed by atoms with Crippen molar-refractivity contribution in [2.24, 2.45) is 0 Å². The van der Waals surface area contributed by atoms with E-state index >= 15 is 0 Å². The van der Waals surface area contributed by atoms with Crippen molar-refractivity contribution < 1.29 is 33.8 Å². The van der Waals surface area contributed by atoms with E-state index < -0.39 is 39.0 Å². The average molecular weight is 433 g/mol. The highest BCUT2D eigenvalue weighted by atomic mass is 32.2. The van der Waals surface area contributed by atoms with Gasteiger partial charge in [0, 0.05) is 0 Å². The highest BCUT2D eigenvalue weighted by Gasteiger charge is 2.45. The molecule has 0 unspecified atom stereocenters. The molecule has 0 saturated carbocycles. The molecule has 4 rings (SSSR count). The number of aromatic nitrogens is 3. The van der Waals surface area contributed by atoms with E-state index in [2.05, 4.69) is 14.5 Å². The number of nitrogens with zero attached hydrogens (tertiary/aromatic N) is 3. The van der Waals surface area contributed by atoms with Crippen LogP contribution in [0.25, 0.3) is 21.3 Å². The van der Waals surface area contributed by atoms with Crippen LogP contribution in [0.3, 0.4) is 0 Å². The van der Waals surface area contributed by atoms with Crippen molar-refractivity contribution in [2.75, 3.05) is 12.9 Å². The van der Waals surface area contributed by atoms with Gasteiger partial charge in [-0.3, -0.25) is 9.09 Å². The van der Waals surface area contributed by atoms with Gasteiger partial charge in [-0.05, 0) is 17.7 Å². The number of thioether (sulfide) groups is 1. The SMILES string of the molecule is CSc1ncnc2c1c1sccc1n2[C@@H]1O[C@H](COP(=O)(O)O)[C@@H](O)[C@H]1O. The summed E-state index contributed by atoms with van der Waals surface area (Å²) in [5, 5.41) is 24.3. The van der Waals surface area contributed by atoms with Gasteiger partial charge < -0.3 is 24.7 Å². The van der Waals surface area contributed by atoms with Crippen LogP contribution in [0.15, 0.2) is 22.8 Å². The molecule has 0 spiro atoms. The summed E-state index contributed by atoms with van der Waals surface area (Å²) in [6.07, 6.45) is -1.49. The minimum absolute atomic E-state index is 0.545. The molecule has 146 valence electrons. The van der Waals surface area contributed by atoms with Gasteiger partial charge in [-0.15, -0.1) is 23.1 Å². The molecular formula is C14H16N3O7PS2. The van der Waals surface area contributed by atoms with Crippen molar-refractivity contribution >= 4 is 52.2 Å². The highest BCUT2D eigenvalue weighted by molar-refractivity contribution is 7.98. The van der Waals surface area contributed by atoms with E-state index in [0.29, 0.717) is 5.65 Å². The standard InChI is InChI=1S/C14H16N3O7PS2/c1-26-13-8-11-6(2-3-27-11)17(12(8)15-5-16-13)14-10(19)9(18)7(24-14)4-23-25(20,21)22/h2-3,5,7,9-10,14,18-19H,4H2,1H3,(H2,20,21,22)/t7-,9-,10-,14-/m1/s1. The Hall–Kier alpha value is -1.08. The first-order chi connectivity index (χ1) is 12.8. The fourth-order valence-corrected chi connectivity index (χ4v) is 5.08. The minimum Gasteiger partial charge on any atom is -0.387 e. The van der Waals surface area contributed by atoms with Crippen molar-refractivity contribution in [1.29, 1.82) is 0 Å². The lowest BCUT2D eigenvalue weighted by molar-refractivity contribution is -0.0482. The van der Waals surface area contributed by atoms with Crippen LogP contribution in [0, 0.1) is 0 Å². The summed E-state index contributed by atoms with van der Waals surface area (Å²) >= 11 is 2.97. The average Bonchev–Trinajstić information content (AvgIpc) is 3.27. The van der Waals surface area contributed by atoms with E-state index in [1.165, 1.54) is 29.4 Å². The number of hydrogen-bond acceptors (Lipinski definition) is 9. The van der Waals surface area contributed by atoms with Gasteiger partial charge in [-0.2, -0.15) is 0 Å². The fourth-order valence-electron chi connectivity index (χ4n) is 3.20. The molecule has 1 aliphatic rings. The van der Waals surface area contributed by atoms with Gasteiger partial charge in [-0.1, -0.05) is 0 Å². The summed E-state index contributed by atoms with van der Waals surface area (Å²) in [6.45, 7) is -0.559. The lowest BCUT2D eigenvalue weighted by atomic mass is 10.1. The molecule has 4 atom stereocenters. The van der Waals surface area contributed by atoms with Crippen LogP contribution < -0.4 is 0 Å². The molecule has 0 radical (unpaired) electrons. The normalized spacial score (nSPS) is 26.4. The van der Waals surface area contributed by atoms with Gasteiger partial charge in [0.05, 0.1) is 22.2 Å². The number of phosphoric ester groups is 1. The van der Waals surface area contributed by atoms with E-state index in [0.717, 1.165) is 20.6 Å². The Kier molecular flexibility index (Phi) is 5.04. The van der Waals surface area contributed by atoms with E-state index in [1.54, 1.807) is 4.57 Å². The maximum atomic E-state index is 10.9. The Morgan fingerprint density at radius 1 is 1.37 bits per heavy atom. The summed E-state index contributed by atoms with van der Waals surface area (Å²) in [5.41, 5.74) is 1.31. The molecule has 4 N–H and O–H groups in total. The number of rotatable bonds is 5. The molecule has 0 aromatic carbocycles. The largest absolute Gasteiger partial charge is 0.469 e. The Balaban J connectivity index is 1.77. The fraction of sp³-hybridized carbons (Fsp3) is 0.429. The third-order valence-electron chi connectivity index (χ3n) is 4.34. The van der Waals surface area contributed by atoms with E-state index in [1.807, 2.05) is 17.7 Å². The Bertz CT molecular complexity index is 1030. The van der Waals surface area contributed by atoms with E-state index in [9.17, 15) is 14.8 Å². The van der Waals surface area contributed by atoms with Gasteiger partial charge in [-0.25, -0.2) is 14.5 Å². The quantitative estimate of drug-likeness (QED) is 0.262. The summed E-state index contributed by atoms with van der Waals surface area (Å²) in [6, 6.07) is 1.85. The predicted molar refractivity (Wildman–Crippen MR) is 98.6 cm³/mol. The van der Waals surface area contributed by atoms with Gasteiger partial charge in [0.25, 0.3) is 0 Å². The first-order valence-electron chi connectivity index (χ1n) is 7.79. The molecule has 1 fully saturated rings. The lowest BCUT2D eigenvalue weighted by Gasteiger charge is -2.18. The van der Waals surface area contributed by atoms with Crippen molar-refractivity contribution in [2.45, 2.75) is 29.6 Å². The number of aliphatic hydroxyl groups is 2. The minimum atomic E-state index is -4.72. The molecule has 27 heavy (non-hydrogen) atoms. The summed E-state index contributed by atoms with van der Waals surface area (Å²) in [7, 11) is -4.72. The van der Waals surface area contributed by atoms with Crippen LogP contribution in [0.1, 0.15) is 6.23 Å². The Morgan fingerprint density at radius 3 is 2.85 bits per heavy atom. The van der Waals surface area contributed by atoms with Crippen LogP contribution >= 0.6 is 30.9 Å². The summed E-state index contributed by atoms with van der Waals surface area (Å²) < 4.78 is 23.7. The number of aliphatic hydroxyl groups excluding tert-OH is 2. The second-order valence-corrected chi connectivity index (χ2v) is 8.87. The van der Waals surface area contributed by atoms with Crippen molar-refractivity contribution in [1.82, 2.24) is 14.5 Å². The number of ether oxygens (including phenoxy) is 1. The van der Waals surface area contributed by atoms with Crippen LogP contribution in [-0.4, -0.2) is 65.7 Å². The highest BCUT2D eigenvalue weighted by Crippen LogP contribution is 2.42. The van der Waals surface area contributed by atoms with Crippen LogP contribution in [0.4, 0.5) is 0 Å². The molecule has 3 aromatic heterocycles. The first kappa shape index (κ1) is 19.2. The van der Waals surface area contributed by atoms with Gasteiger partial charge in [0.15, 0.2) is 6.23 Å². The van der Waals surface area contributed by atoms with Gasteiger partial charge in [0.1, 0.15) is 35.3 Å². The molecule has 1 aliphatic heterocycles. The topological polar surface area (TPSA) is 147 Å². The summed E-state index contributed by atoms with van der Waals surface area (Å²) in [5.74, 6) is 0. The molecule has 3 aromatic rings. The van der Waals surface area contributed by atoms with Crippen molar-refractivity contribution in [3.8, 4) is 0 Å². The van der Waals surface area contributed by atoms with E-state index in [4.69, 9.17) is 14.5 Å². The molecule has 0 amide bonds. The second-order valence-electron chi connectivity index (χ2n) is 5.92. The number of thiophene rings is 1. The van der Waals surface area contributed by atoms with Crippen LogP contribution in [0.5, 0.6) is 0 Å². The maximum absolute atomic E-state index is 10.9. The lowest BCUT2D eigenvalue weighted by Crippen LogP contribution is -2.33. The number of hydrogen-bond donors (Lipinski definition) is 4. The van der Waals surface area contributed by atoms with Gasteiger partial charge >= 0.3 is 7.82 Å². The Morgan fingerprint density at radius 2 is 2.15 bits per heavy atom. The number of fused-ring (bicyclic) bond motifs is 3. The first-order valence-corrected chi connectivity index (χ1v) is 11.4. The van der Waals surface area contributed by atoms with Gasteiger partial charge in [0.2, 0.25) is 0 Å². The molecule has 4 heterocycles. The predicted octanol–water partition coefficient (Wildman–Crippen LogP) is 1.10. The Labute approximate surface area is 161 Å². The molecule has 0 bridgehead atoms. The molecule has 1 saturated heterocycles. The van der Waals surface area contributed by atoms with Crippen LogP contribution in [-0.2, 0) is 13.8 Å². The van der Waals surface area contributed by atoms with Crippen molar-refractivity contribution in [3.63, 3.8) is 0 Å². The third kappa shape index (κ3) is 3.31. The second kappa shape index (κ2) is 7.07. The molecule has 0 aliphatic carbocycles. The monoisotopic (exact) mass is 433 g/mol. The molecule has 13 heteroatoms. The summed E-state index contributed by atoms with van der Waals surface area (Å²) in [4.78, 5) is 26.3. The maximum Gasteiger partial charge on any atom is 0.469 e. The third-order valence-corrected chi connectivity index (χ3v) is 6.45. The zero-order valence-corrected chi connectivity index (χ0v) is 16.4. The smallest absolute Gasteiger partial charge is 0.387 e. The van der Waals surface area contributed by atoms with E-state index in [-0.39, 0.29) is 0 Å². The van der Waals surface area contributed by atoms with Crippen LogP contribution in [0.2, 0.25) is 0 Å². The molecule has 10 nitrogen and oxygen atoms in total. The zero-order valence-electron chi connectivity index (χ0n) is 13.9. The number of phosphoric acid groups is 1. The zero-order chi connectivity index (χ0) is 19.3.